The number of hydrogen-bond donors (Lipinski definition) is 0. The highest BCUT2D eigenvalue weighted by Gasteiger charge is 2.51. The predicted molar refractivity (Wildman–Crippen MR) is 60.2 cm³/mol. The van der Waals surface area contributed by atoms with Gasteiger partial charge in [-0.15, -0.1) is 12.3 Å². The third-order valence-electron chi connectivity index (χ3n) is 3.88. The minimum Gasteiger partial charge on any atom is -0.281 e. The van der Waals surface area contributed by atoms with Crippen LogP contribution in [-0.4, -0.2) is 23.3 Å². The van der Waals surface area contributed by atoms with E-state index >= 15 is 0 Å². The Kier molecular flexibility index (Phi) is 3.00. The smallest absolute Gasteiger partial charge is 0.233 e. The molecular weight excluding hydrogens is 202 g/mol. The Morgan fingerprint density at radius 2 is 1.88 bits per heavy atom. The number of carbonyl (C=O) groups is 2. The molecule has 2 rings (SSSR count). The Bertz CT molecular complexity index is 331. The van der Waals surface area contributed by atoms with E-state index in [1.165, 1.54) is 4.90 Å². The molecule has 1 heterocycles. The van der Waals surface area contributed by atoms with Crippen LogP contribution in [0.5, 0.6) is 0 Å². The minimum absolute atomic E-state index is 0.0150. The van der Waals surface area contributed by atoms with Crippen LogP contribution in [0.1, 0.15) is 32.6 Å². The zero-order chi connectivity index (χ0) is 11.7. The summed E-state index contributed by atoms with van der Waals surface area (Å²) >= 11 is 0. The van der Waals surface area contributed by atoms with Crippen molar-refractivity contribution in [3.8, 4) is 12.3 Å². The first-order chi connectivity index (χ1) is 7.69. The van der Waals surface area contributed by atoms with Crippen molar-refractivity contribution in [2.45, 2.75) is 32.6 Å². The summed E-state index contributed by atoms with van der Waals surface area (Å²) < 4.78 is 0. The number of amides is 2. The van der Waals surface area contributed by atoms with Gasteiger partial charge in [-0.05, 0) is 18.8 Å². The monoisotopic (exact) mass is 219 g/mol. The Morgan fingerprint density at radius 1 is 1.31 bits per heavy atom. The summed E-state index contributed by atoms with van der Waals surface area (Å²) in [6.45, 7) is 2.52. The van der Waals surface area contributed by atoms with E-state index in [2.05, 4.69) is 12.8 Å². The molecule has 1 aliphatic carbocycles. The second kappa shape index (κ2) is 4.29. The van der Waals surface area contributed by atoms with Gasteiger partial charge >= 0.3 is 0 Å². The molecule has 1 saturated carbocycles. The maximum atomic E-state index is 12.0. The van der Waals surface area contributed by atoms with Gasteiger partial charge < -0.3 is 0 Å². The molecule has 3 heteroatoms. The van der Waals surface area contributed by atoms with Crippen LogP contribution in [0.25, 0.3) is 0 Å². The molecule has 1 saturated heterocycles. The molecule has 0 bridgehead atoms. The van der Waals surface area contributed by atoms with Crippen LogP contribution in [0.3, 0.4) is 0 Å². The van der Waals surface area contributed by atoms with Gasteiger partial charge in [-0.25, -0.2) is 0 Å². The van der Waals surface area contributed by atoms with E-state index < -0.39 is 0 Å². The van der Waals surface area contributed by atoms with E-state index in [4.69, 9.17) is 6.42 Å². The standard InChI is InChI=1S/C13H17NO2/c1-3-5-6-14-12(15)10-7-9(4-2)8-11(10)13(14)16/h1,9-11H,4-8H2,2H3. The number of likely N-dealkylation sites (tertiary alicyclic amines) is 1. The van der Waals surface area contributed by atoms with Gasteiger partial charge in [-0.3, -0.25) is 14.5 Å². The highest BCUT2D eigenvalue weighted by molar-refractivity contribution is 6.05. The number of terminal acetylenes is 1. The van der Waals surface area contributed by atoms with Gasteiger partial charge in [0, 0.05) is 13.0 Å². The zero-order valence-corrected chi connectivity index (χ0v) is 9.61. The Labute approximate surface area is 96.2 Å². The molecule has 0 radical (unpaired) electrons. The van der Waals surface area contributed by atoms with Crippen LogP contribution in [0, 0.1) is 30.1 Å². The molecule has 2 aliphatic rings. The number of hydrogen-bond acceptors (Lipinski definition) is 2. The van der Waals surface area contributed by atoms with Crippen molar-refractivity contribution >= 4 is 11.8 Å². The van der Waals surface area contributed by atoms with E-state index in [1.54, 1.807) is 0 Å². The van der Waals surface area contributed by atoms with Crippen molar-refractivity contribution in [3.63, 3.8) is 0 Å². The summed E-state index contributed by atoms with van der Waals surface area (Å²) in [6, 6.07) is 0. The van der Waals surface area contributed by atoms with Gasteiger partial charge in [0.25, 0.3) is 0 Å². The Morgan fingerprint density at radius 3 is 2.31 bits per heavy atom. The zero-order valence-electron chi connectivity index (χ0n) is 9.61. The molecular formula is C13H17NO2. The van der Waals surface area contributed by atoms with Crippen LogP contribution in [0.4, 0.5) is 0 Å². The van der Waals surface area contributed by atoms with E-state index in [0.717, 1.165) is 19.3 Å². The lowest BCUT2D eigenvalue weighted by Crippen LogP contribution is -2.33. The molecule has 86 valence electrons. The lowest BCUT2D eigenvalue weighted by molar-refractivity contribution is -0.140. The summed E-state index contributed by atoms with van der Waals surface area (Å²) in [7, 11) is 0. The van der Waals surface area contributed by atoms with Gasteiger partial charge in [0.15, 0.2) is 0 Å². The van der Waals surface area contributed by atoms with E-state index in [9.17, 15) is 9.59 Å². The molecule has 0 aromatic heterocycles. The molecule has 2 amide bonds. The number of rotatable bonds is 3. The van der Waals surface area contributed by atoms with Crippen LogP contribution in [0.15, 0.2) is 0 Å². The molecule has 2 atom stereocenters. The van der Waals surface area contributed by atoms with E-state index in [-0.39, 0.29) is 23.7 Å². The number of fused-ring (bicyclic) bond motifs is 1. The largest absolute Gasteiger partial charge is 0.281 e. The fourth-order valence-electron chi connectivity index (χ4n) is 2.93. The van der Waals surface area contributed by atoms with Crippen molar-refractivity contribution < 1.29 is 9.59 Å². The second-order valence-electron chi connectivity index (χ2n) is 4.74. The average molecular weight is 219 g/mol. The van der Waals surface area contributed by atoms with Crippen LogP contribution < -0.4 is 0 Å². The minimum atomic E-state index is -0.0461. The summed E-state index contributed by atoms with van der Waals surface area (Å²) in [5, 5.41) is 0. The number of imide groups is 1. The second-order valence-corrected chi connectivity index (χ2v) is 4.74. The quantitative estimate of drug-likeness (QED) is 0.532. The van der Waals surface area contributed by atoms with Crippen LogP contribution in [0.2, 0.25) is 0 Å². The maximum Gasteiger partial charge on any atom is 0.233 e. The lowest BCUT2D eigenvalue weighted by Gasteiger charge is -2.15. The first-order valence-electron chi connectivity index (χ1n) is 5.97. The molecule has 0 N–H and O–H groups in total. The maximum absolute atomic E-state index is 12.0. The van der Waals surface area contributed by atoms with Crippen molar-refractivity contribution in [2.24, 2.45) is 17.8 Å². The summed E-state index contributed by atoms with van der Waals surface area (Å²) in [5.74, 6) is 2.97. The Hall–Kier alpha value is -1.30. The topological polar surface area (TPSA) is 37.4 Å². The van der Waals surface area contributed by atoms with Crippen LogP contribution in [-0.2, 0) is 9.59 Å². The predicted octanol–water partition coefficient (Wildman–Crippen LogP) is 1.43. The van der Waals surface area contributed by atoms with Crippen molar-refractivity contribution in [3.05, 3.63) is 0 Å². The third kappa shape index (κ3) is 1.63. The van der Waals surface area contributed by atoms with Gasteiger partial charge in [0.05, 0.1) is 11.8 Å². The highest BCUT2D eigenvalue weighted by atomic mass is 16.2. The first-order valence-corrected chi connectivity index (χ1v) is 5.97. The van der Waals surface area contributed by atoms with Crippen molar-refractivity contribution in [2.75, 3.05) is 6.54 Å². The van der Waals surface area contributed by atoms with E-state index in [0.29, 0.717) is 18.9 Å². The first kappa shape index (κ1) is 11.2. The number of nitrogens with zero attached hydrogens (tertiary/aromatic N) is 1. The molecule has 0 aromatic rings. The average Bonchev–Trinajstić information content (AvgIpc) is 2.80. The van der Waals surface area contributed by atoms with Crippen molar-refractivity contribution in [1.82, 2.24) is 4.90 Å². The van der Waals surface area contributed by atoms with E-state index in [1.807, 2.05) is 0 Å². The summed E-state index contributed by atoms with van der Waals surface area (Å²) in [6.07, 6.45) is 8.47. The van der Waals surface area contributed by atoms with Crippen LogP contribution >= 0.6 is 0 Å². The SMILES string of the molecule is C#CCCN1C(=O)C2CC(CC)CC2C1=O. The molecule has 16 heavy (non-hydrogen) atoms. The number of carbonyl (C=O) groups excluding carboxylic acids is 2. The normalized spacial score (nSPS) is 33.0. The third-order valence-corrected chi connectivity index (χ3v) is 3.88. The van der Waals surface area contributed by atoms with Gasteiger partial charge in [-0.1, -0.05) is 13.3 Å². The molecule has 1 aliphatic heterocycles. The fourth-order valence-corrected chi connectivity index (χ4v) is 2.93. The van der Waals surface area contributed by atoms with Gasteiger partial charge in [0.2, 0.25) is 11.8 Å². The summed E-state index contributed by atoms with van der Waals surface area (Å²) in [4.78, 5) is 25.4. The molecule has 0 aromatic carbocycles. The van der Waals surface area contributed by atoms with Crippen molar-refractivity contribution in [1.29, 1.82) is 0 Å². The molecule has 2 fully saturated rings. The molecule has 0 spiro atoms. The van der Waals surface area contributed by atoms with Gasteiger partial charge in [0.1, 0.15) is 0 Å². The molecule has 2 unspecified atom stereocenters. The molecule has 3 nitrogen and oxygen atoms in total. The Balaban J connectivity index is 2.07. The summed E-state index contributed by atoms with van der Waals surface area (Å²) in [5.41, 5.74) is 0. The highest BCUT2D eigenvalue weighted by Crippen LogP contribution is 2.44. The lowest BCUT2D eigenvalue weighted by atomic mass is 10.00. The fraction of sp³-hybridized carbons (Fsp3) is 0.692. The van der Waals surface area contributed by atoms with Gasteiger partial charge in [-0.2, -0.15) is 0 Å².